The number of non-ortho nitro benzene ring substituents is 1. The topological polar surface area (TPSA) is 147 Å². The Balaban J connectivity index is 1.61. The molecule has 0 radical (unpaired) electrons. The van der Waals surface area contributed by atoms with Crippen molar-refractivity contribution in [2.75, 3.05) is 32.0 Å². The lowest BCUT2D eigenvalue weighted by Crippen LogP contribution is -2.24. The van der Waals surface area contributed by atoms with Gasteiger partial charge in [0.2, 0.25) is 5.91 Å². The number of fused-ring (bicyclic) bond motifs is 1. The van der Waals surface area contributed by atoms with Crippen LogP contribution in [0.2, 0.25) is 0 Å². The molecule has 12 nitrogen and oxygen atoms in total. The third kappa shape index (κ3) is 4.64. The molecule has 0 bridgehead atoms. The predicted molar refractivity (Wildman–Crippen MR) is 125 cm³/mol. The van der Waals surface area contributed by atoms with E-state index in [1.54, 1.807) is 12.1 Å². The molecule has 1 aliphatic rings. The molecule has 0 saturated carbocycles. The van der Waals surface area contributed by atoms with Gasteiger partial charge in [0.25, 0.3) is 11.6 Å². The monoisotopic (exact) mass is 481 g/mol. The molecule has 0 aliphatic carbocycles. The minimum atomic E-state index is -0.882. The van der Waals surface area contributed by atoms with Crippen molar-refractivity contribution in [2.24, 2.45) is 0 Å². The summed E-state index contributed by atoms with van der Waals surface area (Å²) in [4.78, 5) is 35.7. The summed E-state index contributed by atoms with van der Waals surface area (Å²) in [7, 11) is 4.61. The molecule has 35 heavy (non-hydrogen) atoms. The number of anilines is 2. The van der Waals surface area contributed by atoms with Crippen LogP contribution in [0.4, 0.5) is 17.2 Å². The van der Waals surface area contributed by atoms with Gasteiger partial charge >= 0.3 is 0 Å². The van der Waals surface area contributed by atoms with E-state index >= 15 is 0 Å². The highest BCUT2D eigenvalue weighted by molar-refractivity contribution is 6.04. The molecule has 182 valence electrons. The molecule has 0 spiro atoms. The van der Waals surface area contributed by atoms with Gasteiger partial charge in [-0.2, -0.15) is 5.10 Å². The van der Waals surface area contributed by atoms with E-state index in [1.807, 2.05) is 6.07 Å². The standard InChI is InChI=1S/C23H23N5O7/c1-33-12-16-21(13-4-9-18(34-2)19(10-13)35-3)22-25-23(30)17(27(22)26-16)11-20(29)24-14-5-7-15(8-6-14)28(31)32/h4-10,17H,11-12H2,1-3H3,(H,24,29)(H,25,30). The highest BCUT2D eigenvalue weighted by atomic mass is 16.6. The van der Waals surface area contributed by atoms with Crippen LogP contribution in [-0.4, -0.2) is 47.8 Å². The highest BCUT2D eigenvalue weighted by Gasteiger charge is 2.37. The molecular weight excluding hydrogens is 458 g/mol. The molecule has 0 saturated heterocycles. The number of hydrogen-bond acceptors (Lipinski definition) is 8. The molecule has 1 aromatic heterocycles. The Morgan fingerprint density at radius 1 is 1.14 bits per heavy atom. The van der Waals surface area contributed by atoms with Gasteiger partial charge in [-0.1, -0.05) is 6.07 Å². The number of nitro groups is 1. The van der Waals surface area contributed by atoms with E-state index in [2.05, 4.69) is 15.7 Å². The third-order valence-corrected chi connectivity index (χ3v) is 5.52. The number of hydrogen-bond donors (Lipinski definition) is 2. The number of carbonyl (C=O) groups is 2. The zero-order chi connectivity index (χ0) is 25.1. The number of nitro benzene ring substituents is 1. The molecule has 1 unspecified atom stereocenters. The first kappa shape index (κ1) is 23.7. The lowest BCUT2D eigenvalue weighted by Gasteiger charge is -2.11. The number of amides is 2. The van der Waals surface area contributed by atoms with E-state index in [9.17, 15) is 19.7 Å². The fraction of sp³-hybridized carbons (Fsp3) is 0.261. The number of nitrogens with one attached hydrogen (secondary N) is 2. The normalized spacial score (nSPS) is 14.3. The van der Waals surface area contributed by atoms with Crippen molar-refractivity contribution in [3.8, 4) is 22.6 Å². The first-order valence-electron chi connectivity index (χ1n) is 10.5. The summed E-state index contributed by atoms with van der Waals surface area (Å²) < 4.78 is 17.5. The molecule has 0 fully saturated rings. The molecule has 1 atom stereocenters. The fourth-order valence-corrected chi connectivity index (χ4v) is 3.90. The van der Waals surface area contributed by atoms with Crippen molar-refractivity contribution in [2.45, 2.75) is 19.1 Å². The molecule has 3 aromatic rings. The van der Waals surface area contributed by atoms with Gasteiger partial charge < -0.3 is 24.8 Å². The maximum absolute atomic E-state index is 12.8. The maximum atomic E-state index is 12.8. The number of benzene rings is 2. The second-order valence-electron chi connectivity index (χ2n) is 7.68. The number of carbonyl (C=O) groups excluding carboxylic acids is 2. The minimum absolute atomic E-state index is 0.0901. The van der Waals surface area contributed by atoms with Gasteiger partial charge in [-0.05, 0) is 29.8 Å². The van der Waals surface area contributed by atoms with Crippen molar-refractivity contribution in [3.63, 3.8) is 0 Å². The molecule has 2 aromatic carbocycles. The number of ether oxygens (including phenoxy) is 3. The summed E-state index contributed by atoms with van der Waals surface area (Å²) in [5.74, 6) is 0.692. The molecule has 2 heterocycles. The first-order valence-corrected chi connectivity index (χ1v) is 10.5. The second-order valence-corrected chi connectivity index (χ2v) is 7.68. The summed E-state index contributed by atoms with van der Waals surface area (Å²) in [6.07, 6.45) is -0.185. The molecular formula is C23H23N5O7. The van der Waals surface area contributed by atoms with Crippen LogP contribution in [0.1, 0.15) is 18.2 Å². The van der Waals surface area contributed by atoms with Crippen LogP contribution in [0.25, 0.3) is 11.1 Å². The van der Waals surface area contributed by atoms with Gasteiger partial charge in [0.05, 0.1) is 43.4 Å². The lowest BCUT2D eigenvalue weighted by molar-refractivity contribution is -0.384. The Morgan fingerprint density at radius 2 is 1.86 bits per heavy atom. The van der Waals surface area contributed by atoms with Crippen LogP contribution in [0.3, 0.4) is 0 Å². The van der Waals surface area contributed by atoms with Gasteiger partial charge in [-0.25, -0.2) is 4.68 Å². The van der Waals surface area contributed by atoms with E-state index in [0.29, 0.717) is 34.3 Å². The van der Waals surface area contributed by atoms with Gasteiger partial charge in [0, 0.05) is 24.9 Å². The van der Waals surface area contributed by atoms with Crippen LogP contribution in [0, 0.1) is 10.1 Å². The number of aromatic nitrogens is 2. The summed E-state index contributed by atoms with van der Waals surface area (Å²) in [6, 6.07) is 9.89. The summed E-state index contributed by atoms with van der Waals surface area (Å²) in [6.45, 7) is 0.182. The van der Waals surface area contributed by atoms with E-state index in [-0.39, 0.29) is 24.6 Å². The van der Waals surface area contributed by atoms with Gasteiger partial charge in [0.1, 0.15) is 11.9 Å². The Kier molecular flexibility index (Phi) is 6.64. The number of methoxy groups -OCH3 is 3. The molecule has 12 heteroatoms. The predicted octanol–water partition coefficient (Wildman–Crippen LogP) is 3.14. The summed E-state index contributed by atoms with van der Waals surface area (Å²) >= 11 is 0. The Morgan fingerprint density at radius 3 is 2.49 bits per heavy atom. The smallest absolute Gasteiger partial charge is 0.269 e. The Bertz CT molecular complexity index is 1290. The van der Waals surface area contributed by atoms with Gasteiger partial charge in [0.15, 0.2) is 11.5 Å². The van der Waals surface area contributed by atoms with E-state index in [0.717, 1.165) is 5.56 Å². The van der Waals surface area contributed by atoms with E-state index < -0.39 is 16.9 Å². The summed E-state index contributed by atoms with van der Waals surface area (Å²) in [5.41, 5.74) is 2.25. The van der Waals surface area contributed by atoms with Crippen LogP contribution in [0.5, 0.6) is 11.5 Å². The van der Waals surface area contributed by atoms with Crippen LogP contribution < -0.4 is 20.1 Å². The van der Waals surface area contributed by atoms with Crippen molar-refractivity contribution in [1.29, 1.82) is 0 Å². The highest BCUT2D eigenvalue weighted by Crippen LogP contribution is 2.41. The second kappa shape index (κ2) is 9.81. The largest absolute Gasteiger partial charge is 0.493 e. The fourth-order valence-electron chi connectivity index (χ4n) is 3.90. The quantitative estimate of drug-likeness (QED) is 0.350. The van der Waals surface area contributed by atoms with E-state index in [4.69, 9.17) is 14.2 Å². The maximum Gasteiger partial charge on any atom is 0.269 e. The molecule has 2 amide bonds. The van der Waals surface area contributed by atoms with Crippen LogP contribution in [-0.2, 0) is 20.9 Å². The number of rotatable bonds is 9. The SMILES string of the molecule is COCc1nn2c(c1-c1ccc(OC)c(OC)c1)NC(=O)C2CC(=O)Nc1ccc([N+](=O)[O-])cc1. The van der Waals surface area contributed by atoms with Gasteiger partial charge in [-0.15, -0.1) is 0 Å². The zero-order valence-electron chi connectivity index (χ0n) is 19.2. The minimum Gasteiger partial charge on any atom is -0.493 e. The molecule has 1 aliphatic heterocycles. The molecule has 2 N–H and O–H groups in total. The third-order valence-electron chi connectivity index (χ3n) is 5.52. The Hall–Kier alpha value is -4.45. The average molecular weight is 481 g/mol. The van der Waals surface area contributed by atoms with Crippen LogP contribution in [0.15, 0.2) is 42.5 Å². The molecule has 4 rings (SSSR count). The Labute approximate surface area is 199 Å². The van der Waals surface area contributed by atoms with Crippen molar-refractivity contribution in [1.82, 2.24) is 9.78 Å². The lowest BCUT2D eigenvalue weighted by atomic mass is 10.0. The average Bonchev–Trinajstić information content (AvgIpc) is 3.33. The van der Waals surface area contributed by atoms with E-state index in [1.165, 1.54) is 50.3 Å². The van der Waals surface area contributed by atoms with Crippen molar-refractivity contribution in [3.05, 3.63) is 58.3 Å². The first-order chi connectivity index (χ1) is 16.9. The van der Waals surface area contributed by atoms with Crippen molar-refractivity contribution < 1.29 is 28.7 Å². The zero-order valence-corrected chi connectivity index (χ0v) is 19.2. The summed E-state index contributed by atoms with van der Waals surface area (Å²) in [5, 5.41) is 20.8. The van der Waals surface area contributed by atoms with Crippen molar-refractivity contribution >= 4 is 29.0 Å². The number of nitrogens with zero attached hydrogens (tertiary/aromatic N) is 3. The van der Waals surface area contributed by atoms with Crippen LogP contribution >= 0.6 is 0 Å². The van der Waals surface area contributed by atoms with Gasteiger partial charge in [-0.3, -0.25) is 19.7 Å².